The normalized spacial score (nSPS) is 12.1. The fraction of sp³-hybridized carbons (Fsp3) is 0.438. The van der Waals surface area contributed by atoms with Crippen molar-refractivity contribution < 1.29 is 22.7 Å². The van der Waals surface area contributed by atoms with E-state index in [1.165, 1.54) is 13.1 Å². The Morgan fingerprint density at radius 3 is 2.59 bits per heavy atom. The van der Waals surface area contributed by atoms with E-state index in [0.29, 0.717) is 0 Å². The lowest BCUT2D eigenvalue weighted by Gasteiger charge is -2.17. The van der Waals surface area contributed by atoms with Crippen LogP contribution in [0, 0.1) is 13.8 Å². The van der Waals surface area contributed by atoms with Gasteiger partial charge in [-0.2, -0.15) is 13.2 Å². The van der Waals surface area contributed by atoms with Gasteiger partial charge in [0.15, 0.2) is 0 Å². The van der Waals surface area contributed by atoms with Crippen molar-refractivity contribution in [3.05, 3.63) is 41.0 Å². The zero-order chi connectivity index (χ0) is 16.8. The largest absolute Gasteiger partial charge is 0.461 e. The van der Waals surface area contributed by atoms with Gasteiger partial charge >= 0.3 is 12.1 Å². The fourth-order valence-corrected chi connectivity index (χ4v) is 1.91. The van der Waals surface area contributed by atoms with Crippen LogP contribution < -0.4 is 0 Å². The summed E-state index contributed by atoms with van der Waals surface area (Å²) in [5.41, 5.74) is 3.07. The van der Waals surface area contributed by atoms with Crippen LogP contribution in [-0.4, -0.2) is 43.8 Å². The van der Waals surface area contributed by atoms with Crippen LogP contribution in [0.4, 0.5) is 13.2 Å². The van der Waals surface area contributed by atoms with Crippen molar-refractivity contribution in [3.8, 4) is 0 Å². The molecular formula is C16H20F3NO2. The van der Waals surface area contributed by atoms with Crippen molar-refractivity contribution in [2.24, 2.45) is 0 Å². The quantitative estimate of drug-likeness (QED) is 0.595. The van der Waals surface area contributed by atoms with Gasteiger partial charge in [0.1, 0.15) is 6.61 Å². The smallest absolute Gasteiger partial charge is 0.401 e. The average molecular weight is 315 g/mol. The van der Waals surface area contributed by atoms with Gasteiger partial charge in [0.25, 0.3) is 0 Å². The number of likely N-dealkylation sites (N-methyl/N-ethyl adjacent to an activating group) is 1. The van der Waals surface area contributed by atoms with E-state index < -0.39 is 18.7 Å². The average Bonchev–Trinajstić information content (AvgIpc) is 2.35. The van der Waals surface area contributed by atoms with Gasteiger partial charge in [0.05, 0.1) is 6.54 Å². The Kier molecular flexibility index (Phi) is 6.61. The van der Waals surface area contributed by atoms with Crippen LogP contribution in [0.3, 0.4) is 0 Å². The maximum atomic E-state index is 12.1. The second-order valence-electron chi connectivity index (χ2n) is 5.21. The third-order valence-electron chi connectivity index (χ3n) is 2.99. The Bertz CT molecular complexity index is 539. The number of aryl methyl sites for hydroxylation is 2. The van der Waals surface area contributed by atoms with E-state index in [1.54, 1.807) is 6.08 Å². The molecule has 0 saturated carbocycles. The highest BCUT2D eigenvalue weighted by Gasteiger charge is 2.28. The lowest BCUT2D eigenvalue weighted by atomic mass is 10.1. The second-order valence-corrected chi connectivity index (χ2v) is 5.21. The summed E-state index contributed by atoms with van der Waals surface area (Å²) in [5, 5.41) is 0. The molecular weight excluding hydrogens is 295 g/mol. The Morgan fingerprint density at radius 1 is 1.32 bits per heavy atom. The monoisotopic (exact) mass is 315 g/mol. The number of carbonyl (C=O) groups excluding carboxylic acids is 1. The van der Waals surface area contributed by atoms with Crippen LogP contribution in [0.1, 0.15) is 16.7 Å². The van der Waals surface area contributed by atoms with Crippen molar-refractivity contribution >= 4 is 12.0 Å². The number of esters is 1. The first-order valence-corrected chi connectivity index (χ1v) is 6.85. The lowest BCUT2D eigenvalue weighted by Crippen LogP contribution is -2.33. The topological polar surface area (TPSA) is 29.5 Å². The first kappa shape index (κ1) is 18.2. The van der Waals surface area contributed by atoms with Crippen LogP contribution >= 0.6 is 0 Å². The van der Waals surface area contributed by atoms with Crippen LogP contribution in [-0.2, 0) is 9.53 Å². The zero-order valence-electron chi connectivity index (χ0n) is 12.9. The third-order valence-corrected chi connectivity index (χ3v) is 2.99. The van der Waals surface area contributed by atoms with Gasteiger partial charge in [-0.25, -0.2) is 4.79 Å². The number of hydrogen-bond acceptors (Lipinski definition) is 3. The molecule has 6 heteroatoms. The third kappa shape index (κ3) is 7.26. The Labute approximate surface area is 128 Å². The number of benzene rings is 1. The molecule has 0 unspecified atom stereocenters. The molecule has 0 spiro atoms. The summed E-state index contributed by atoms with van der Waals surface area (Å²) in [4.78, 5) is 12.6. The molecule has 0 atom stereocenters. The van der Waals surface area contributed by atoms with Crippen molar-refractivity contribution in [1.82, 2.24) is 4.90 Å². The predicted molar refractivity (Wildman–Crippen MR) is 79.5 cm³/mol. The molecule has 0 aromatic heterocycles. The lowest BCUT2D eigenvalue weighted by molar-refractivity contribution is -0.146. The number of carbonyl (C=O) groups is 1. The van der Waals surface area contributed by atoms with E-state index in [2.05, 4.69) is 0 Å². The molecule has 1 rings (SSSR count). The maximum Gasteiger partial charge on any atom is 0.401 e. The first-order valence-electron chi connectivity index (χ1n) is 6.85. The van der Waals surface area contributed by atoms with Crippen LogP contribution in [0.25, 0.3) is 6.08 Å². The van der Waals surface area contributed by atoms with E-state index >= 15 is 0 Å². The van der Waals surface area contributed by atoms with Gasteiger partial charge in [-0.1, -0.05) is 23.8 Å². The number of rotatable bonds is 6. The summed E-state index contributed by atoms with van der Waals surface area (Å²) in [6, 6.07) is 5.83. The molecule has 0 N–H and O–H groups in total. The van der Waals surface area contributed by atoms with E-state index in [4.69, 9.17) is 4.74 Å². The van der Waals surface area contributed by atoms with Crippen molar-refractivity contribution in [1.29, 1.82) is 0 Å². The molecule has 0 heterocycles. The molecule has 1 aromatic rings. The Morgan fingerprint density at radius 2 is 2.00 bits per heavy atom. The number of hydrogen-bond donors (Lipinski definition) is 0. The van der Waals surface area contributed by atoms with Crippen LogP contribution in [0.5, 0.6) is 0 Å². The number of nitrogens with zero attached hydrogens (tertiary/aromatic N) is 1. The standard InChI is InChI=1S/C16H20F3NO2/c1-12-4-5-14(13(2)10-12)6-7-15(21)22-9-8-20(3)11-16(17,18)19/h4-7,10H,8-9,11H2,1-3H3/b7-6+. The van der Waals surface area contributed by atoms with Gasteiger partial charge in [-0.15, -0.1) is 0 Å². The minimum atomic E-state index is -4.25. The van der Waals surface area contributed by atoms with Gasteiger partial charge in [0, 0.05) is 12.6 Å². The summed E-state index contributed by atoms with van der Waals surface area (Å²) in [6.45, 7) is 2.84. The molecule has 0 aliphatic heterocycles. The molecule has 0 radical (unpaired) electrons. The molecule has 0 saturated heterocycles. The van der Waals surface area contributed by atoms with E-state index in [9.17, 15) is 18.0 Å². The fourth-order valence-electron chi connectivity index (χ4n) is 1.91. The summed E-state index contributed by atoms with van der Waals surface area (Å²) in [5.74, 6) is -0.569. The molecule has 3 nitrogen and oxygen atoms in total. The summed E-state index contributed by atoms with van der Waals surface area (Å²) in [7, 11) is 1.33. The molecule has 22 heavy (non-hydrogen) atoms. The molecule has 1 aromatic carbocycles. The zero-order valence-corrected chi connectivity index (χ0v) is 12.9. The van der Waals surface area contributed by atoms with Crippen molar-refractivity contribution in [2.75, 3.05) is 26.7 Å². The Balaban J connectivity index is 2.39. The summed E-state index contributed by atoms with van der Waals surface area (Å²) >= 11 is 0. The highest BCUT2D eigenvalue weighted by Crippen LogP contribution is 2.15. The molecule has 0 bridgehead atoms. The van der Waals surface area contributed by atoms with Gasteiger partial charge in [0.2, 0.25) is 0 Å². The first-order chi connectivity index (χ1) is 10.2. The SMILES string of the molecule is Cc1ccc(/C=C/C(=O)OCCN(C)CC(F)(F)F)c(C)c1. The molecule has 0 aliphatic rings. The maximum absolute atomic E-state index is 12.1. The number of halogens is 3. The van der Waals surface area contributed by atoms with E-state index in [-0.39, 0.29) is 13.2 Å². The van der Waals surface area contributed by atoms with Crippen molar-refractivity contribution in [3.63, 3.8) is 0 Å². The predicted octanol–water partition coefficient (Wildman–Crippen LogP) is 3.35. The summed E-state index contributed by atoms with van der Waals surface area (Å²) in [6.07, 6.45) is -1.33. The summed E-state index contributed by atoms with van der Waals surface area (Å²) < 4.78 is 41.2. The number of alkyl halides is 3. The van der Waals surface area contributed by atoms with Gasteiger partial charge in [-0.3, -0.25) is 4.90 Å². The Hall–Kier alpha value is -1.82. The van der Waals surface area contributed by atoms with E-state index in [1.807, 2.05) is 32.0 Å². The highest BCUT2D eigenvalue weighted by molar-refractivity contribution is 5.87. The molecule has 0 aliphatic carbocycles. The second kappa shape index (κ2) is 7.98. The minimum Gasteiger partial charge on any atom is -0.461 e. The molecule has 0 fully saturated rings. The van der Waals surface area contributed by atoms with Gasteiger partial charge in [-0.05, 0) is 38.1 Å². The number of ether oxygens (including phenoxy) is 1. The van der Waals surface area contributed by atoms with Crippen molar-refractivity contribution in [2.45, 2.75) is 20.0 Å². The van der Waals surface area contributed by atoms with Crippen LogP contribution in [0.15, 0.2) is 24.3 Å². The van der Waals surface area contributed by atoms with Crippen LogP contribution in [0.2, 0.25) is 0 Å². The molecule has 122 valence electrons. The van der Waals surface area contributed by atoms with E-state index in [0.717, 1.165) is 21.6 Å². The minimum absolute atomic E-state index is 0.0304. The molecule has 0 amide bonds. The highest BCUT2D eigenvalue weighted by atomic mass is 19.4. The van der Waals surface area contributed by atoms with Gasteiger partial charge < -0.3 is 4.74 Å².